The zero-order valence-corrected chi connectivity index (χ0v) is 29.2. The molecule has 0 radical (unpaired) electrons. The molecule has 0 bridgehead atoms. The Balaban J connectivity index is 1.76. The number of rotatable bonds is 11. The summed E-state index contributed by atoms with van der Waals surface area (Å²) < 4.78 is 81.5. The average Bonchev–Trinajstić information content (AvgIpc) is 3.07. The summed E-state index contributed by atoms with van der Waals surface area (Å²) in [6, 6.07) is 9.51. The first-order valence-electron chi connectivity index (χ1n) is 14.6. The average molecular weight is 773 g/mol. The number of β-lactam (4-membered cyclic amide) rings is 1. The predicted molar refractivity (Wildman–Crippen MR) is 178 cm³/mol. The fourth-order valence-corrected chi connectivity index (χ4v) is 6.16. The molecule has 51 heavy (non-hydrogen) atoms. The van der Waals surface area contributed by atoms with Gasteiger partial charge < -0.3 is 14.6 Å². The lowest BCUT2D eigenvalue weighted by Gasteiger charge is -2.45. The van der Waals surface area contributed by atoms with Crippen LogP contribution in [0.5, 0.6) is 5.75 Å². The van der Waals surface area contributed by atoms with E-state index < -0.39 is 102 Å². The van der Waals surface area contributed by atoms with Crippen LogP contribution in [0.25, 0.3) is 0 Å². The second kappa shape index (κ2) is 15.4. The van der Waals surface area contributed by atoms with Crippen molar-refractivity contribution in [2.24, 2.45) is 11.3 Å². The van der Waals surface area contributed by atoms with Crippen molar-refractivity contribution in [2.75, 3.05) is 0 Å². The summed E-state index contributed by atoms with van der Waals surface area (Å²) in [5, 5.41) is 20.0. The highest BCUT2D eigenvalue weighted by atomic mass is 35.5. The van der Waals surface area contributed by atoms with Crippen LogP contribution in [0.3, 0.4) is 0 Å². The topological polar surface area (TPSA) is 136 Å². The lowest BCUT2D eigenvalue weighted by Crippen LogP contribution is -2.62. The van der Waals surface area contributed by atoms with Crippen LogP contribution < -0.4 is 4.74 Å². The van der Waals surface area contributed by atoms with Gasteiger partial charge in [0.2, 0.25) is 16.8 Å². The van der Waals surface area contributed by atoms with Crippen molar-refractivity contribution >= 4 is 63.1 Å². The van der Waals surface area contributed by atoms with Crippen LogP contribution in [0.4, 0.5) is 27.6 Å². The predicted octanol–water partition coefficient (Wildman–Crippen LogP) is 7.06. The molecule has 18 heteroatoms. The van der Waals surface area contributed by atoms with Gasteiger partial charge >= 0.3 is 5.97 Å². The van der Waals surface area contributed by atoms with Gasteiger partial charge in [0.05, 0.1) is 27.4 Å². The van der Waals surface area contributed by atoms with E-state index in [1.54, 1.807) is 20.8 Å². The van der Waals surface area contributed by atoms with Gasteiger partial charge in [0.25, 0.3) is 5.69 Å². The van der Waals surface area contributed by atoms with E-state index in [1.165, 1.54) is 31.2 Å². The first-order valence-corrected chi connectivity index (χ1v) is 16.3. The van der Waals surface area contributed by atoms with Crippen molar-refractivity contribution in [2.45, 2.75) is 45.9 Å². The zero-order chi connectivity index (χ0) is 38.1. The molecule has 1 heterocycles. The third-order valence-electron chi connectivity index (χ3n) is 7.29. The molecule has 1 aliphatic heterocycles. The molecule has 0 aliphatic carbocycles. The Bertz CT molecular complexity index is 1930. The van der Waals surface area contributed by atoms with Gasteiger partial charge in [-0.2, -0.15) is 0 Å². The van der Waals surface area contributed by atoms with Gasteiger partial charge in [0.15, 0.2) is 34.1 Å². The second-order valence-electron chi connectivity index (χ2n) is 12.0. The Hall–Kier alpha value is -4.45. The van der Waals surface area contributed by atoms with Gasteiger partial charge in [-0.1, -0.05) is 44.6 Å². The van der Waals surface area contributed by atoms with Gasteiger partial charge in [-0.3, -0.25) is 24.6 Å². The van der Waals surface area contributed by atoms with E-state index in [9.17, 15) is 51.6 Å². The number of likely N-dealkylation sites (tertiary alicyclic amines) is 1. The highest BCUT2D eigenvalue weighted by Crippen LogP contribution is 2.41. The SMILES string of the molecule is C[C@@H](O)[C@H]1C(=O)N(C(C(=O)OCc2ccc([N+](=O)[O-])cc2)=C(Oc2ccc(C(=S)c3c(F)c(F)c(F)c(F)c3F)cc2)SC(=O)C(C)(C)C)[C@H]1Cl. The molecule has 3 aromatic rings. The minimum Gasteiger partial charge on any atom is -0.456 e. The number of nitrogens with zero attached hydrogens (tertiary/aromatic N) is 2. The summed E-state index contributed by atoms with van der Waals surface area (Å²) in [4.78, 5) is 50.6. The maximum Gasteiger partial charge on any atom is 0.359 e. The number of hydrogen-bond acceptors (Lipinski definition) is 10. The Labute approximate surface area is 301 Å². The van der Waals surface area contributed by atoms with Crippen molar-refractivity contribution in [1.29, 1.82) is 0 Å². The van der Waals surface area contributed by atoms with Crippen LogP contribution in [-0.2, 0) is 25.7 Å². The van der Waals surface area contributed by atoms with E-state index in [0.29, 0.717) is 17.3 Å². The van der Waals surface area contributed by atoms with Crippen LogP contribution in [0.1, 0.15) is 44.4 Å². The number of thioether (sulfide) groups is 1. The summed E-state index contributed by atoms with van der Waals surface area (Å²) in [6.45, 7) is 5.53. The molecule has 0 unspecified atom stereocenters. The number of carbonyl (C=O) groups is 3. The molecule has 3 atom stereocenters. The van der Waals surface area contributed by atoms with Crippen molar-refractivity contribution in [3.63, 3.8) is 0 Å². The lowest BCUT2D eigenvalue weighted by atomic mass is 9.92. The molecule has 270 valence electrons. The third-order valence-corrected chi connectivity index (χ3v) is 9.46. The number of ether oxygens (including phenoxy) is 2. The quantitative estimate of drug-likeness (QED) is 0.0172. The van der Waals surface area contributed by atoms with Crippen molar-refractivity contribution < 1.29 is 55.8 Å². The molecule has 0 aromatic heterocycles. The number of non-ortho nitro benzene ring substituents is 1. The number of carbonyl (C=O) groups excluding carboxylic acids is 3. The molecule has 1 fully saturated rings. The Morgan fingerprint density at radius 1 is 1.00 bits per heavy atom. The Morgan fingerprint density at radius 2 is 1.53 bits per heavy atom. The number of aliphatic hydroxyl groups is 1. The smallest absolute Gasteiger partial charge is 0.359 e. The first kappa shape index (κ1) is 39.3. The van der Waals surface area contributed by atoms with E-state index >= 15 is 0 Å². The van der Waals surface area contributed by atoms with Gasteiger partial charge in [-0.05, 0) is 66.2 Å². The van der Waals surface area contributed by atoms with Crippen LogP contribution in [0.15, 0.2) is 59.3 Å². The molecule has 10 nitrogen and oxygen atoms in total. The van der Waals surface area contributed by atoms with Gasteiger partial charge in [0.1, 0.15) is 17.9 Å². The number of hydrogen-bond donors (Lipinski definition) is 1. The van der Waals surface area contributed by atoms with Gasteiger partial charge in [-0.15, -0.1) is 0 Å². The lowest BCUT2D eigenvalue weighted by molar-refractivity contribution is -0.384. The van der Waals surface area contributed by atoms with E-state index in [4.69, 9.17) is 33.3 Å². The fourth-order valence-electron chi connectivity index (χ4n) is 4.44. The Morgan fingerprint density at radius 3 is 2.00 bits per heavy atom. The number of nitro benzene ring substituents is 1. The number of amides is 1. The number of aliphatic hydroxyl groups excluding tert-OH is 1. The number of benzene rings is 3. The molecule has 1 N–H and O–H groups in total. The second-order valence-corrected chi connectivity index (χ2v) is 13.8. The summed E-state index contributed by atoms with van der Waals surface area (Å²) in [6.07, 6.45) is -1.24. The highest BCUT2D eigenvalue weighted by Gasteiger charge is 2.53. The van der Waals surface area contributed by atoms with Crippen LogP contribution in [-0.4, -0.2) is 48.4 Å². The molecule has 0 saturated carbocycles. The van der Waals surface area contributed by atoms with Crippen LogP contribution in [0, 0.1) is 50.5 Å². The largest absolute Gasteiger partial charge is 0.456 e. The van der Waals surface area contributed by atoms with Gasteiger partial charge in [-0.25, -0.2) is 26.7 Å². The maximum absolute atomic E-state index is 14.4. The van der Waals surface area contributed by atoms with E-state index in [2.05, 4.69) is 0 Å². The van der Waals surface area contributed by atoms with Crippen LogP contribution in [0.2, 0.25) is 0 Å². The minimum atomic E-state index is -2.36. The number of nitro groups is 1. The fraction of sp³-hybridized carbons (Fsp3) is 0.273. The van der Waals surface area contributed by atoms with Crippen LogP contribution >= 0.6 is 35.6 Å². The summed E-state index contributed by atoms with van der Waals surface area (Å²) >= 11 is 11.9. The minimum absolute atomic E-state index is 0.157. The summed E-state index contributed by atoms with van der Waals surface area (Å²) in [7, 11) is 0. The maximum atomic E-state index is 14.4. The number of thiocarbonyl (C=S) groups is 1. The standard InChI is InChI=1S/C33H26ClF5N2O8S2/c1-14(42)19-28(34)40(29(19)43)26(30(44)48-13-15-5-9-17(10-6-15)41(46)47)31(51-32(45)33(2,3)4)49-18-11-7-16(8-12-18)27(50)20-21(35)23(37)25(39)24(38)22(20)36/h5-12,14,19,28,42H,13H2,1-4H3/t14-,19-,28-/m1/s1. The highest BCUT2D eigenvalue weighted by molar-refractivity contribution is 8.16. The molecule has 1 amide bonds. The molecule has 0 spiro atoms. The van der Waals surface area contributed by atoms with E-state index in [-0.39, 0.29) is 17.0 Å². The molecule has 1 saturated heterocycles. The Kier molecular flexibility index (Phi) is 11.9. The number of alkyl halides is 1. The van der Waals surface area contributed by atoms with Gasteiger partial charge in [0, 0.05) is 17.5 Å². The third kappa shape index (κ3) is 8.21. The van der Waals surface area contributed by atoms with E-state index in [1.807, 2.05) is 0 Å². The molecule has 1 aliphatic rings. The zero-order valence-electron chi connectivity index (χ0n) is 26.8. The molecular formula is C33H26ClF5N2O8S2. The molecular weight excluding hydrogens is 747 g/mol. The number of esters is 1. The van der Waals surface area contributed by atoms with Crippen molar-refractivity contribution in [1.82, 2.24) is 4.90 Å². The van der Waals surface area contributed by atoms with E-state index in [0.717, 1.165) is 29.2 Å². The summed E-state index contributed by atoms with van der Waals surface area (Å²) in [5.41, 5.74) is -4.42. The monoisotopic (exact) mass is 772 g/mol. The van der Waals surface area contributed by atoms with Crippen molar-refractivity contribution in [3.8, 4) is 5.75 Å². The molecule has 4 rings (SSSR count). The normalized spacial score (nSPS) is 16.9. The van der Waals surface area contributed by atoms with Crippen molar-refractivity contribution in [3.05, 3.63) is 115 Å². The molecule has 3 aromatic carbocycles. The first-order chi connectivity index (χ1) is 23.8. The number of halogens is 6. The summed E-state index contributed by atoms with van der Waals surface area (Å²) in [5.74, 6) is -14.4.